The first kappa shape index (κ1) is 25.0. The predicted molar refractivity (Wildman–Crippen MR) is 144 cm³/mol. The van der Waals surface area contributed by atoms with Gasteiger partial charge in [-0.3, -0.25) is 4.79 Å². The SMILES string of the molecule is Cc1oc(-c2ccccc2)nc1CCOc1ccc2c(c1)C(C(=O)O)N(C(=O)C=Cc1ccccc1)CC2. The molecule has 7 heteroatoms. The lowest BCUT2D eigenvalue weighted by Crippen LogP contribution is -2.42. The number of aryl methyl sites for hydroxylation is 1. The Bertz CT molecular complexity index is 1460. The summed E-state index contributed by atoms with van der Waals surface area (Å²) in [7, 11) is 0. The normalized spacial score (nSPS) is 14.9. The molecule has 5 rings (SSSR count). The van der Waals surface area contributed by atoms with Gasteiger partial charge in [0.1, 0.15) is 11.5 Å². The Kier molecular flexibility index (Phi) is 7.35. The van der Waals surface area contributed by atoms with Crippen LogP contribution in [0.5, 0.6) is 5.75 Å². The summed E-state index contributed by atoms with van der Waals surface area (Å²) in [6.07, 6.45) is 4.24. The van der Waals surface area contributed by atoms with Gasteiger partial charge in [-0.2, -0.15) is 0 Å². The first-order valence-corrected chi connectivity index (χ1v) is 12.5. The third kappa shape index (κ3) is 5.52. The quantitative estimate of drug-likeness (QED) is 0.316. The third-order valence-corrected chi connectivity index (χ3v) is 6.60. The van der Waals surface area contributed by atoms with Crippen LogP contribution in [0.2, 0.25) is 0 Å². The molecule has 1 N–H and O–H groups in total. The summed E-state index contributed by atoms with van der Waals surface area (Å²) in [5.41, 5.74) is 4.08. The number of nitrogens with zero attached hydrogens (tertiary/aromatic N) is 2. The number of benzene rings is 3. The highest BCUT2D eigenvalue weighted by Crippen LogP contribution is 2.33. The first-order chi connectivity index (χ1) is 18.5. The average Bonchev–Trinajstić information content (AvgIpc) is 3.32. The van der Waals surface area contributed by atoms with Gasteiger partial charge in [-0.05, 0) is 60.4 Å². The second kappa shape index (κ2) is 11.2. The molecule has 0 aliphatic carbocycles. The summed E-state index contributed by atoms with van der Waals surface area (Å²) in [5, 5.41) is 10.1. The van der Waals surface area contributed by atoms with E-state index in [9.17, 15) is 14.7 Å². The van der Waals surface area contributed by atoms with E-state index in [0.29, 0.717) is 43.2 Å². The van der Waals surface area contributed by atoms with Gasteiger partial charge in [-0.25, -0.2) is 9.78 Å². The van der Waals surface area contributed by atoms with E-state index in [2.05, 4.69) is 4.98 Å². The molecular weight excluding hydrogens is 480 g/mol. The van der Waals surface area contributed by atoms with Gasteiger partial charge in [0.15, 0.2) is 6.04 Å². The van der Waals surface area contributed by atoms with Crippen LogP contribution in [0.25, 0.3) is 17.5 Å². The maximum absolute atomic E-state index is 13.0. The number of oxazole rings is 1. The summed E-state index contributed by atoms with van der Waals surface area (Å²) < 4.78 is 11.8. The van der Waals surface area contributed by atoms with E-state index in [-0.39, 0.29) is 5.91 Å². The number of hydrogen-bond donors (Lipinski definition) is 1. The zero-order valence-corrected chi connectivity index (χ0v) is 21.0. The van der Waals surface area contributed by atoms with Crippen molar-refractivity contribution in [3.8, 4) is 17.2 Å². The minimum Gasteiger partial charge on any atom is -0.493 e. The molecule has 1 aromatic heterocycles. The van der Waals surface area contributed by atoms with Crippen LogP contribution in [-0.4, -0.2) is 40.0 Å². The molecule has 2 heterocycles. The van der Waals surface area contributed by atoms with Crippen molar-refractivity contribution >= 4 is 18.0 Å². The standard InChI is InChI=1S/C31H28N2O5/c1-21-27(32-30(38-21)24-10-6-3-7-11-24)17-19-37-25-14-13-23-16-18-33(29(31(35)36)26(23)20-25)28(34)15-12-22-8-4-2-5-9-22/h2-15,20,29H,16-19H2,1H3,(H,35,36). The van der Waals surface area contributed by atoms with E-state index in [1.807, 2.05) is 79.7 Å². The molecule has 7 nitrogen and oxygen atoms in total. The fourth-order valence-electron chi connectivity index (χ4n) is 4.64. The number of aliphatic carboxylic acids is 1. The second-order valence-electron chi connectivity index (χ2n) is 9.11. The van der Waals surface area contributed by atoms with Crippen LogP contribution in [0.15, 0.2) is 89.4 Å². The van der Waals surface area contributed by atoms with Gasteiger partial charge in [-0.15, -0.1) is 0 Å². The average molecular weight is 509 g/mol. The number of fused-ring (bicyclic) bond motifs is 1. The lowest BCUT2D eigenvalue weighted by Gasteiger charge is -2.34. The Hall–Kier alpha value is -4.65. The van der Waals surface area contributed by atoms with Crippen molar-refractivity contribution in [2.24, 2.45) is 0 Å². The number of hydrogen-bond acceptors (Lipinski definition) is 5. The van der Waals surface area contributed by atoms with Crippen molar-refractivity contribution in [3.63, 3.8) is 0 Å². The van der Waals surface area contributed by atoms with Gasteiger partial charge in [0.05, 0.1) is 12.3 Å². The molecule has 0 radical (unpaired) electrons. The Morgan fingerprint density at radius 2 is 1.82 bits per heavy atom. The number of carboxylic acids is 1. The largest absolute Gasteiger partial charge is 0.493 e. The number of rotatable bonds is 8. The van der Waals surface area contributed by atoms with Crippen LogP contribution in [0.1, 0.15) is 34.2 Å². The molecule has 0 saturated carbocycles. The monoisotopic (exact) mass is 508 g/mol. The number of carbonyl (C=O) groups excluding carboxylic acids is 1. The van der Waals surface area contributed by atoms with Crippen LogP contribution in [0.4, 0.5) is 0 Å². The zero-order valence-electron chi connectivity index (χ0n) is 21.0. The summed E-state index contributed by atoms with van der Waals surface area (Å²) in [6, 6.07) is 23.5. The third-order valence-electron chi connectivity index (χ3n) is 6.60. The molecule has 1 aliphatic rings. The van der Waals surface area contributed by atoms with Crippen LogP contribution < -0.4 is 4.74 Å². The topological polar surface area (TPSA) is 92.9 Å². The molecule has 3 aromatic carbocycles. The molecule has 1 amide bonds. The number of aromatic nitrogens is 1. The summed E-state index contributed by atoms with van der Waals surface area (Å²) >= 11 is 0. The van der Waals surface area contributed by atoms with Gasteiger partial charge in [0, 0.05) is 24.6 Å². The molecule has 38 heavy (non-hydrogen) atoms. The number of ether oxygens (including phenoxy) is 1. The first-order valence-electron chi connectivity index (χ1n) is 12.5. The lowest BCUT2D eigenvalue weighted by atomic mass is 9.92. The molecule has 0 bridgehead atoms. The summed E-state index contributed by atoms with van der Waals surface area (Å²) in [5.74, 6) is 0.447. The van der Waals surface area contributed by atoms with Gasteiger partial charge in [0.2, 0.25) is 11.8 Å². The van der Waals surface area contributed by atoms with E-state index >= 15 is 0 Å². The van der Waals surface area contributed by atoms with Crippen molar-refractivity contribution in [3.05, 3.63) is 113 Å². The Balaban J connectivity index is 1.28. The molecule has 1 atom stereocenters. The fraction of sp³-hybridized carbons (Fsp3) is 0.194. The molecule has 0 fully saturated rings. The van der Waals surface area contributed by atoms with E-state index in [4.69, 9.17) is 9.15 Å². The molecule has 1 aliphatic heterocycles. The van der Waals surface area contributed by atoms with E-state index in [0.717, 1.165) is 28.1 Å². The zero-order chi connectivity index (χ0) is 26.5. The second-order valence-corrected chi connectivity index (χ2v) is 9.11. The molecule has 1 unspecified atom stereocenters. The molecule has 0 saturated heterocycles. The Labute approximate surface area is 221 Å². The molecule has 4 aromatic rings. The van der Waals surface area contributed by atoms with Crippen LogP contribution in [0, 0.1) is 6.92 Å². The maximum Gasteiger partial charge on any atom is 0.331 e. The highest BCUT2D eigenvalue weighted by Gasteiger charge is 2.35. The number of carboxylic acid groups (broad SMARTS) is 1. The van der Waals surface area contributed by atoms with Crippen molar-refractivity contribution in [1.82, 2.24) is 9.88 Å². The van der Waals surface area contributed by atoms with Crippen molar-refractivity contribution in [2.75, 3.05) is 13.2 Å². The van der Waals surface area contributed by atoms with E-state index < -0.39 is 12.0 Å². The van der Waals surface area contributed by atoms with Crippen molar-refractivity contribution in [1.29, 1.82) is 0 Å². The van der Waals surface area contributed by atoms with Crippen molar-refractivity contribution < 1.29 is 23.8 Å². The van der Waals surface area contributed by atoms with Crippen LogP contribution >= 0.6 is 0 Å². The maximum atomic E-state index is 13.0. The van der Waals surface area contributed by atoms with Gasteiger partial charge in [-0.1, -0.05) is 54.6 Å². The highest BCUT2D eigenvalue weighted by molar-refractivity contribution is 5.95. The van der Waals surface area contributed by atoms with E-state index in [1.54, 1.807) is 12.1 Å². The smallest absolute Gasteiger partial charge is 0.331 e. The molecular formula is C31H28N2O5. The van der Waals surface area contributed by atoms with Gasteiger partial charge < -0.3 is 19.2 Å². The summed E-state index contributed by atoms with van der Waals surface area (Å²) in [4.78, 5) is 31.3. The fourth-order valence-corrected chi connectivity index (χ4v) is 4.64. The van der Waals surface area contributed by atoms with Crippen molar-refractivity contribution in [2.45, 2.75) is 25.8 Å². The number of carbonyl (C=O) groups is 2. The van der Waals surface area contributed by atoms with Crippen LogP contribution in [-0.2, 0) is 22.4 Å². The minimum absolute atomic E-state index is 0.331. The summed E-state index contributed by atoms with van der Waals surface area (Å²) in [6.45, 7) is 2.56. The molecule has 192 valence electrons. The number of amides is 1. The van der Waals surface area contributed by atoms with Gasteiger partial charge >= 0.3 is 5.97 Å². The Morgan fingerprint density at radius 3 is 2.55 bits per heavy atom. The molecule has 0 spiro atoms. The van der Waals surface area contributed by atoms with Gasteiger partial charge in [0.25, 0.3) is 0 Å². The predicted octanol–water partition coefficient (Wildman–Crippen LogP) is 5.50. The highest BCUT2D eigenvalue weighted by atomic mass is 16.5. The Morgan fingerprint density at radius 1 is 1.08 bits per heavy atom. The lowest BCUT2D eigenvalue weighted by molar-refractivity contribution is -0.149. The van der Waals surface area contributed by atoms with E-state index in [1.165, 1.54) is 11.0 Å². The minimum atomic E-state index is -1.08. The van der Waals surface area contributed by atoms with Crippen LogP contribution in [0.3, 0.4) is 0 Å².